The van der Waals surface area contributed by atoms with Crippen LogP contribution in [0.5, 0.6) is 0 Å². The summed E-state index contributed by atoms with van der Waals surface area (Å²) in [5, 5.41) is 9.43. The maximum Gasteiger partial charge on any atom is 0.319 e. The molecule has 3 atom stereocenters. The highest BCUT2D eigenvalue weighted by atomic mass is 16.2. The Morgan fingerprint density at radius 2 is 1.85 bits per heavy atom. The standard InChI is InChI=1S/C25H25N5O4/c1-14(31)15-6-8-17(9-7-15)27-25(34)29-20-10-11-30-22(20)23(32)28-21(24(30)33)12-16-13-26-19-5-3-2-4-18(16)19/h2-9,13,20-22,26H,10-12H2,1H3,(H,28,32)(H2,27,29,34)/t20-,21+,22-/m0/s1. The first-order chi connectivity index (χ1) is 16.4. The van der Waals surface area contributed by atoms with E-state index in [9.17, 15) is 19.2 Å². The van der Waals surface area contributed by atoms with Crippen LogP contribution in [0.1, 0.15) is 29.3 Å². The Bertz CT molecular complexity index is 1280. The molecule has 3 aromatic rings. The Balaban J connectivity index is 1.23. The van der Waals surface area contributed by atoms with E-state index < -0.39 is 24.2 Å². The Hall–Kier alpha value is -4.14. The number of Topliss-reactive ketones (excluding diaryl/α,β-unsaturated/α-hetero) is 1. The molecular formula is C25H25N5O4. The lowest BCUT2D eigenvalue weighted by molar-refractivity contribution is -0.147. The van der Waals surface area contributed by atoms with E-state index >= 15 is 0 Å². The number of hydrogen-bond acceptors (Lipinski definition) is 4. The summed E-state index contributed by atoms with van der Waals surface area (Å²) < 4.78 is 0. The van der Waals surface area contributed by atoms with Crippen LogP contribution in [-0.2, 0) is 16.0 Å². The van der Waals surface area contributed by atoms with Gasteiger partial charge in [-0.05, 0) is 49.2 Å². The van der Waals surface area contributed by atoms with E-state index in [1.165, 1.54) is 6.92 Å². The summed E-state index contributed by atoms with van der Waals surface area (Å²) in [6.45, 7) is 1.88. The highest BCUT2D eigenvalue weighted by Crippen LogP contribution is 2.26. The van der Waals surface area contributed by atoms with Crippen LogP contribution in [-0.4, -0.2) is 58.2 Å². The number of nitrogens with one attached hydrogen (secondary N) is 4. The quantitative estimate of drug-likeness (QED) is 0.437. The van der Waals surface area contributed by atoms with E-state index in [0.717, 1.165) is 16.5 Å². The van der Waals surface area contributed by atoms with Gasteiger partial charge in [0.2, 0.25) is 11.8 Å². The summed E-state index contributed by atoms with van der Waals surface area (Å²) in [4.78, 5) is 54.8. The molecule has 9 nitrogen and oxygen atoms in total. The molecule has 0 bridgehead atoms. The summed E-state index contributed by atoms with van der Waals surface area (Å²) in [5.74, 6) is -0.463. The first-order valence-corrected chi connectivity index (χ1v) is 11.2. The monoisotopic (exact) mass is 459 g/mol. The van der Waals surface area contributed by atoms with Crippen molar-refractivity contribution < 1.29 is 19.2 Å². The number of hydrogen-bond donors (Lipinski definition) is 4. The second-order valence-corrected chi connectivity index (χ2v) is 8.73. The van der Waals surface area contributed by atoms with Crippen LogP contribution in [0.3, 0.4) is 0 Å². The average Bonchev–Trinajstić information content (AvgIpc) is 3.42. The smallest absolute Gasteiger partial charge is 0.319 e. The number of aromatic amines is 1. The molecule has 0 spiro atoms. The highest BCUT2D eigenvalue weighted by molar-refractivity contribution is 5.99. The van der Waals surface area contributed by atoms with Gasteiger partial charge in [-0.1, -0.05) is 18.2 Å². The zero-order valence-corrected chi connectivity index (χ0v) is 18.6. The number of ketones is 1. The number of H-pyrrole nitrogens is 1. The number of nitrogens with zero attached hydrogens (tertiary/aromatic N) is 1. The molecular weight excluding hydrogens is 434 g/mol. The molecule has 174 valence electrons. The normalized spacial score (nSPS) is 21.8. The number of anilines is 1. The predicted molar refractivity (Wildman–Crippen MR) is 126 cm³/mol. The Kier molecular flexibility index (Phi) is 5.53. The third-order valence-corrected chi connectivity index (χ3v) is 6.53. The second-order valence-electron chi connectivity index (χ2n) is 8.73. The minimum Gasteiger partial charge on any atom is -0.361 e. The van der Waals surface area contributed by atoms with Gasteiger partial charge in [0, 0.05) is 41.3 Å². The van der Waals surface area contributed by atoms with Crippen molar-refractivity contribution in [3.63, 3.8) is 0 Å². The van der Waals surface area contributed by atoms with Crippen molar-refractivity contribution in [2.75, 3.05) is 11.9 Å². The molecule has 4 amide bonds. The van der Waals surface area contributed by atoms with Crippen LogP contribution in [0.15, 0.2) is 54.7 Å². The molecule has 0 aliphatic carbocycles. The summed E-state index contributed by atoms with van der Waals surface area (Å²) in [5.41, 5.74) is 3.03. The largest absolute Gasteiger partial charge is 0.361 e. The Morgan fingerprint density at radius 1 is 1.09 bits per heavy atom. The molecule has 2 aliphatic rings. The van der Waals surface area contributed by atoms with Gasteiger partial charge in [-0.25, -0.2) is 4.79 Å². The molecule has 2 aromatic carbocycles. The van der Waals surface area contributed by atoms with E-state index in [1.54, 1.807) is 29.2 Å². The maximum absolute atomic E-state index is 13.2. The number of piperazine rings is 1. The highest BCUT2D eigenvalue weighted by Gasteiger charge is 2.48. The topological polar surface area (TPSA) is 123 Å². The van der Waals surface area contributed by atoms with E-state index in [0.29, 0.717) is 30.6 Å². The van der Waals surface area contributed by atoms with Gasteiger partial charge in [-0.15, -0.1) is 0 Å². The van der Waals surface area contributed by atoms with Crippen molar-refractivity contribution in [3.8, 4) is 0 Å². The van der Waals surface area contributed by atoms with Crippen molar-refractivity contribution in [2.24, 2.45) is 0 Å². The molecule has 2 fully saturated rings. The molecule has 4 N–H and O–H groups in total. The number of aromatic nitrogens is 1. The van der Waals surface area contributed by atoms with Gasteiger partial charge in [-0.2, -0.15) is 0 Å². The SMILES string of the molecule is CC(=O)c1ccc(NC(=O)N[C@H]2CCN3C(=O)[C@@H](Cc4c[nH]c5ccccc45)NC(=O)[C@H]23)cc1. The van der Waals surface area contributed by atoms with Crippen LogP contribution >= 0.6 is 0 Å². The van der Waals surface area contributed by atoms with Crippen LogP contribution in [0.4, 0.5) is 10.5 Å². The molecule has 5 rings (SSSR count). The van der Waals surface area contributed by atoms with Crippen LogP contribution in [0, 0.1) is 0 Å². The molecule has 2 aliphatic heterocycles. The third-order valence-electron chi connectivity index (χ3n) is 6.53. The number of carbonyl (C=O) groups excluding carboxylic acids is 4. The van der Waals surface area contributed by atoms with E-state index in [-0.39, 0.29) is 17.6 Å². The summed E-state index contributed by atoms with van der Waals surface area (Å²) >= 11 is 0. The third kappa shape index (κ3) is 4.00. The van der Waals surface area contributed by atoms with Crippen molar-refractivity contribution in [1.82, 2.24) is 20.5 Å². The number of rotatable bonds is 5. The lowest BCUT2D eigenvalue weighted by atomic mass is 9.99. The van der Waals surface area contributed by atoms with Gasteiger partial charge in [-0.3, -0.25) is 14.4 Å². The fraction of sp³-hybridized carbons (Fsp3) is 0.280. The van der Waals surface area contributed by atoms with E-state index in [1.807, 2.05) is 30.5 Å². The molecule has 3 heterocycles. The molecule has 2 saturated heterocycles. The molecule has 1 aromatic heterocycles. The molecule has 0 radical (unpaired) electrons. The fourth-order valence-electron chi connectivity index (χ4n) is 4.82. The minimum absolute atomic E-state index is 0.0574. The van der Waals surface area contributed by atoms with Crippen LogP contribution in [0.2, 0.25) is 0 Å². The fourth-order valence-corrected chi connectivity index (χ4v) is 4.82. The zero-order valence-electron chi connectivity index (χ0n) is 18.6. The number of fused-ring (bicyclic) bond motifs is 2. The Morgan fingerprint density at radius 3 is 2.62 bits per heavy atom. The van der Waals surface area contributed by atoms with Gasteiger partial charge in [0.25, 0.3) is 0 Å². The lowest BCUT2D eigenvalue weighted by Gasteiger charge is -2.36. The van der Waals surface area contributed by atoms with Gasteiger partial charge in [0.15, 0.2) is 5.78 Å². The van der Waals surface area contributed by atoms with Crippen LogP contribution in [0.25, 0.3) is 10.9 Å². The van der Waals surface area contributed by atoms with Crippen molar-refractivity contribution in [3.05, 3.63) is 65.9 Å². The number of carbonyl (C=O) groups is 4. The first kappa shape index (κ1) is 21.7. The maximum atomic E-state index is 13.2. The summed E-state index contributed by atoms with van der Waals surface area (Å²) in [7, 11) is 0. The van der Waals surface area contributed by atoms with Crippen molar-refractivity contribution in [2.45, 2.75) is 37.9 Å². The Labute approximate surface area is 195 Å². The lowest BCUT2D eigenvalue weighted by Crippen LogP contribution is -2.65. The number of benzene rings is 2. The van der Waals surface area contributed by atoms with E-state index in [2.05, 4.69) is 20.9 Å². The summed E-state index contributed by atoms with van der Waals surface area (Å²) in [6, 6.07) is 12.0. The zero-order chi connectivity index (χ0) is 23.8. The van der Waals surface area contributed by atoms with Gasteiger partial charge in [0.1, 0.15) is 12.1 Å². The molecule has 0 unspecified atom stereocenters. The van der Waals surface area contributed by atoms with Crippen molar-refractivity contribution in [1.29, 1.82) is 0 Å². The second kappa shape index (κ2) is 8.66. The first-order valence-electron chi connectivity index (χ1n) is 11.2. The average molecular weight is 460 g/mol. The van der Waals surface area contributed by atoms with Gasteiger partial charge >= 0.3 is 6.03 Å². The summed E-state index contributed by atoms with van der Waals surface area (Å²) in [6.07, 6.45) is 2.75. The molecule has 9 heteroatoms. The van der Waals surface area contributed by atoms with E-state index in [4.69, 9.17) is 0 Å². The van der Waals surface area contributed by atoms with Gasteiger partial charge in [0.05, 0.1) is 6.04 Å². The molecule has 34 heavy (non-hydrogen) atoms. The van der Waals surface area contributed by atoms with Crippen LogP contribution < -0.4 is 16.0 Å². The number of urea groups is 1. The number of amides is 4. The van der Waals surface area contributed by atoms with Gasteiger partial charge < -0.3 is 25.8 Å². The van der Waals surface area contributed by atoms with Crippen molar-refractivity contribution >= 4 is 40.2 Å². The number of para-hydroxylation sites is 1. The molecule has 0 saturated carbocycles. The minimum atomic E-state index is -0.738. The predicted octanol–water partition coefficient (Wildman–Crippen LogP) is 2.20.